The molecule has 0 radical (unpaired) electrons. The van der Waals surface area contributed by atoms with E-state index in [-0.39, 0.29) is 11.5 Å². The number of hydrogen-bond acceptors (Lipinski definition) is 2. The number of hydrogen-bond donors (Lipinski definition) is 1. The van der Waals surface area contributed by atoms with Crippen LogP contribution in [0.2, 0.25) is 10.0 Å². The summed E-state index contributed by atoms with van der Waals surface area (Å²) in [5, 5.41) is 10.2. The molecule has 1 heterocycles. The molecule has 0 saturated heterocycles. The van der Waals surface area contributed by atoms with Gasteiger partial charge in [-0.15, -0.1) is 0 Å². The van der Waals surface area contributed by atoms with Crippen LogP contribution in [0.25, 0.3) is 11.3 Å². The van der Waals surface area contributed by atoms with Crippen molar-refractivity contribution in [2.75, 3.05) is 0 Å². The molecule has 0 bridgehead atoms. The SMILES string of the molecule is CC(C)c1nc(-c2ccc(Cl)cc2Cl)ccc1C(=O)O. The van der Waals surface area contributed by atoms with Gasteiger partial charge in [0.25, 0.3) is 0 Å². The van der Waals surface area contributed by atoms with Gasteiger partial charge < -0.3 is 5.11 Å². The van der Waals surface area contributed by atoms with E-state index in [1.165, 1.54) is 0 Å². The maximum absolute atomic E-state index is 11.2. The number of aromatic nitrogens is 1. The number of carboxylic acid groups (broad SMARTS) is 1. The van der Waals surface area contributed by atoms with E-state index in [4.69, 9.17) is 23.2 Å². The second-order valence-electron chi connectivity index (χ2n) is 4.71. The quantitative estimate of drug-likeness (QED) is 0.879. The van der Waals surface area contributed by atoms with Gasteiger partial charge in [-0.25, -0.2) is 4.79 Å². The number of halogens is 2. The molecule has 1 aromatic carbocycles. The molecule has 0 amide bonds. The summed E-state index contributed by atoms with van der Waals surface area (Å²) in [6.07, 6.45) is 0. The number of aromatic carboxylic acids is 1. The highest BCUT2D eigenvalue weighted by Crippen LogP contribution is 2.30. The average Bonchev–Trinajstić information content (AvgIpc) is 2.37. The fourth-order valence-corrected chi connectivity index (χ4v) is 2.45. The second-order valence-corrected chi connectivity index (χ2v) is 5.56. The minimum absolute atomic E-state index is 0.00660. The molecule has 104 valence electrons. The van der Waals surface area contributed by atoms with E-state index >= 15 is 0 Å². The maximum Gasteiger partial charge on any atom is 0.337 e. The van der Waals surface area contributed by atoms with Crippen LogP contribution in [0.15, 0.2) is 30.3 Å². The molecule has 0 aliphatic carbocycles. The molecule has 1 aromatic heterocycles. The molecule has 0 unspecified atom stereocenters. The number of pyridine rings is 1. The van der Waals surface area contributed by atoms with Crippen molar-refractivity contribution in [2.45, 2.75) is 19.8 Å². The van der Waals surface area contributed by atoms with Crippen LogP contribution in [0.1, 0.15) is 35.8 Å². The zero-order valence-electron chi connectivity index (χ0n) is 11.0. The van der Waals surface area contributed by atoms with E-state index in [2.05, 4.69) is 4.98 Å². The van der Waals surface area contributed by atoms with E-state index in [9.17, 15) is 9.90 Å². The Morgan fingerprint density at radius 2 is 1.90 bits per heavy atom. The van der Waals surface area contributed by atoms with E-state index < -0.39 is 5.97 Å². The number of carboxylic acids is 1. The van der Waals surface area contributed by atoms with Crippen LogP contribution in [-0.2, 0) is 0 Å². The van der Waals surface area contributed by atoms with Crippen LogP contribution in [0.3, 0.4) is 0 Å². The fourth-order valence-electron chi connectivity index (χ4n) is 1.94. The Labute approximate surface area is 127 Å². The molecule has 0 saturated carbocycles. The van der Waals surface area contributed by atoms with Crippen LogP contribution in [0.4, 0.5) is 0 Å². The molecular weight excluding hydrogens is 297 g/mol. The zero-order chi connectivity index (χ0) is 14.9. The molecule has 0 spiro atoms. The largest absolute Gasteiger partial charge is 0.478 e. The van der Waals surface area contributed by atoms with Gasteiger partial charge in [0.2, 0.25) is 0 Å². The van der Waals surface area contributed by atoms with Crippen molar-refractivity contribution >= 4 is 29.2 Å². The first-order chi connectivity index (χ1) is 9.40. The summed E-state index contributed by atoms with van der Waals surface area (Å²) >= 11 is 12.0. The first-order valence-corrected chi connectivity index (χ1v) is 6.85. The molecule has 20 heavy (non-hydrogen) atoms. The monoisotopic (exact) mass is 309 g/mol. The van der Waals surface area contributed by atoms with E-state index in [1.807, 2.05) is 13.8 Å². The van der Waals surface area contributed by atoms with Gasteiger partial charge in [0, 0.05) is 10.6 Å². The van der Waals surface area contributed by atoms with Crippen LogP contribution >= 0.6 is 23.2 Å². The zero-order valence-corrected chi connectivity index (χ0v) is 12.5. The summed E-state index contributed by atoms with van der Waals surface area (Å²) in [6, 6.07) is 8.36. The van der Waals surface area contributed by atoms with E-state index in [0.29, 0.717) is 21.4 Å². The van der Waals surface area contributed by atoms with Gasteiger partial charge in [0.1, 0.15) is 0 Å². The highest BCUT2D eigenvalue weighted by Gasteiger charge is 2.16. The third-order valence-electron chi connectivity index (χ3n) is 2.91. The lowest BCUT2D eigenvalue weighted by Crippen LogP contribution is -2.07. The molecule has 2 rings (SSSR count). The van der Waals surface area contributed by atoms with Gasteiger partial charge in [-0.2, -0.15) is 0 Å². The molecule has 0 atom stereocenters. The van der Waals surface area contributed by atoms with Gasteiger partial charge >= 0.3 is 5.97 Å². The van der Waals surface area contributed by atoms with Crippen molar-refractivity contribution in [1.29, 1.82) is 0 Å². The van der Waals surface area contributed by atoms with Crippen LogP contribution in [0.5, 0.6) is 0 Å². The summed E-state index contributed by atoms with van der Waals surface area (Å²) in [7, 11) is 0. The molecule has 0 aliphatic heterocycles. The topological polar surface area (TPSA) is 50.2 Å². The van der Waals surface area contributed by atoms with Crippen molar-refractivity contribution < 1.29 is 9.90 Å². The molecule has 3 nitrogen and oxygen atoms in total. The maximum atomic E-state index is 11.2. The predicted molar refractivity (Wildman–Crippen MR) is 80.7 cm³/mol. The summed E-state index contributed by atoms with van der Waals surface area (Å²) in [5.41, 5.74) is 2.13. The number of carbonyl (C=O) groups is 1. The Hall–Kier alpha value is -1.58. The Balaban J connectivity index is 2.59. The minimum atomic E-state index is -0.977. The van der Waals surface area contributed by atoms with Crippen molar-refractivity contribution in [2.24, 2.45) is 0 Å². The molecule has 0 fully saturated rings. The first-order valence-electron chi connectivity index (χ1n) is 6.10. The Bertz CT molecular complexity index is 669. The third kappa shape index (κ3) is 2.94. The summed E-state index contributed by atoms with van der Waals surface area (Å²) < 4.78 is 0. The summed E-state index contributed by atoms with van der Waals surface area (Å²) in [6.45, 7) is 3.81. The standard InChI is InChI=1S/C15H13Cl2NO2/c1-8(2)14-11(15(19)20)5-6-13(18-14)10-4-3-9(16)7-12(10)17/h3-8H,1-2H3,(H,19,20). The van der Waals surface area contributed by atoms with Crippen molar-refractivity contribution in [1.82, 2.24) is 4.98 Å². The highest BCUT2D eigenvalue weighted by atomic mass is 35.5. The molecule has 2 aromatic rings. The Kier molecular flexibility index (Phi) is 4.31. The number of benzene rings is 1. The molecule has 5 heteroatoms. The van der Waals surface area contributed by atoms with Gasteiger partial charge in [-0.3, -0.25) is 4.98 Å². The van der Waals surface area contributed by atoms with Crippen molar-refractivity contribution in [3.8, 4) is 11.3 Å². The summed E-state index contributed by atoms with van der Waals surface area (Å²) in [5.74, 6) is -0.970. The lowest BCUT2D eigenvalue weighted by molar-refractivity contribution is 0.0694. The fraction of sp³-hybridized carbons (Fsp3) is 0.200. The van der Waals surface area contributed by atoms with Crippen LogP contribution in [-0.4, -0.2) is 16.1 Å². The van der Waals surface area contributed by atoms with Gasteiger partial charge in [-0.05, 0) is 36.2 Å². The number of nitrogens with zero attached hydrogens (tertiary/aromatic N) is 1. The van der Waals surface area contributed by atoms with Gasteiger partial charge in [-0.1, -0.05) is 37.0 Å². The molecular formula is C15H13Cl2NO2. The highest BCUT2D eigenvalue weighted by molar-refractivity contribution is 6.36. The first kappa shape index (κ1) is 14.8. The Morgan fingerprint density at radius 3 is 2.45 bits per heavy atom. The predicted octanol–water partition coefficient (Wildman–Crippen LogP) is 4.88. The minimum Gasteiger partial charge on any atom is -0.478 e. The molecule has 1 N–H and O–H groups in total. The lowest BCUT2D eigenvalue weighted by Gasteiger charge is -2.12. The van der Waals surface area contributed by atoms with Gasteiger partial charge in [0.05, 0.1) is 22.0 Å². The number of rotatable bonds is 3. The third-order valence-corrected chi connectivity index (χ3v) is 3.46. The summed E-state index contributed by atoms with van der Waals surface area (Å²) in [4.78, 5) is 15.6. The van der Waals surface area contributed by atoms with E-state index in [1.54, 1.807) is 30.3 Å². The Morgan fingerprint density at radius 1 is 1.20 bits per heavy atom. The van der Waals surface area contributed by atoms with Crippen molar-refractivity contribution in [3.05, 3.63) is 51.6 Å². The van der Waals surface area contributed by atoms with Crippen LogP contribution < -0.4 is 0 Å². The smallest absolute Gasteiger partial charge is 0.337 e. The van der Waals surface area contributed by atoms with E-state index in [0.717, 1.165) is 5.56 Å². The second kappa shape index (κ2) is 5.81. The molecule has 0 aliphatic rings. The normalized spacial score (nSPS) is 10.8. The van der Waals surface area contributed by atoms with Gasteiger partial charge in [0.15, 0.2) is 0 Å². The van der Waals surface area contributed by atoms with Crippen molar-refractivity contribution in [3.63, 3.8) is 0 Å². The lowest BCUT2D eigenvalue weighted by atomic mass is 10.0. The average molecular weight is 310 g/mol. The van der Waals surface area contributed by atoms with Crippen LogP contribution in [0, 0.1) is 0 Å².